The Kier molecular flexibility index (Phi) is 6.92. The fourth-order valence-corrected chi connectivity index (χ4v) is 8.32. The van der Waals surface area contributed by atoms with Crippen LogP contribution in [-0.4, -0.2) is 51.1 Å². The van der Waals surface area contributed by atoms with Gasteiger partial charge in [0.2, 0.25) is 0 Å². The van der Waals surface area contributed by atoms with Gasteiger partial charge >= 0.3 is 0 Å². The molecule has 6 unspecified atom stereocenters. The van der Waals surface area contributed by atoms with E-state index in [-0.39, 0.29) is 34.4 Å². The summed E-state index contributed by atoms with van der Waals surface area (Å²) in [6, 6.07) is 18.0. The van der Waals surface area contributed by atoms with Gasteiger partial charge in [-0.2, -0.15) is 10.1 Å². The number of hydrazine groups is 1. The molecule has 6 atom stereocenters. The zero-order valence-corrected chi connectivity index (χ0v) is 25.3. The van der Waals surface area contributed by atoms with E-state index < -0.39 is 58.6 Å². The molecule has 2 aliphatic heterocycles. The van der Waals surface area contributed by atoms with Crippen LogP contribution in [0.15, 0.2) is 78.4 Å². The number of anilines is 1. The summed E-state index contributed by atoms with van der Waals surface area (Å²) in [6.07, 6.45) is 2.12. The molecule has 3 fully saturated rings. The van der Waals surface area contributed by atoms with Crippen LogP contribution in [0.1, 0.15) is 29.9 Å². The Balaban J connectivity index is 1.46. The molecule has 12 heteroatoms. The monoisotopic (exact) mass is 647 g/mol. The fourth-order valence-electron chi connectivity index (χ4n) is 7.87. The van der Waals surface area contributed by atoms with Gasteiger partial charge in [0.25, 0.3) is 23.6 Å². The minimum Gasteiger partial charge on any atom is -0.508 e. The van der Waals surface area contributed by atoms with E-state index in [0.29, 0.717) is 21.9 Å². The van der Waals surface area contributed by atoms with E-state index in [4.69, 9.17) is 27.9 Å². The Labute approximate surface area is 267 Å². The number of nitrogens with zero attached hydrogens (tertiary/aromatic N) is 2. The van der Waals surface area contributed by atoms with Crippen LogP contribution in [0.4, 0.5) is 5.69 Å². The lowest BCUT2D eigenvalue weighted by atomic mass is 9.49. The number of hydrogen-bond acceptors (Lipinski definition) is 8. The number of carbonyl (C=O) groups is 4. The number of carbonyl (C=O) groups excluding carboxylic acids is 4. The van der Waals surface area contributed by atoms with Crippen LogP contribution in [0.2, 0.25) is 10.0 Å². The summed E-state index contributed by atoms with van der Waals surface area (Å²) in [5, 5.41) is 22.2. The summed E-state index contributed by atoms with van der Waals surface area (Å²) < 4.78 is 5.39. The van der Waals surface area contributed by atoms with E-state index in [1.54, 1.807) is 48.5 Å². The van der Waals surface area contributed by atoms with Crippen molar-refractivity contribution in [3.63, 3.8) is 0 Å². The van der Waals surface area contributed by atoms with Crippen molar-refractivity contribution in [1.29, 1.82) is 0 Å². The van der Waals surface area contributed by atoms with Crippen LogP contribution in [0.3, 0.4) is 0 Å². The first-order chi connectivity index (χ1) is 21.6. The lowest BCUT2D eigenvalue weighted by molar-refractivity contribution is -0.173. The second kappa shape index (κ2) is 10.6. The second-order valence-electron chi connectivity index (χ2n) is 11.8. The number of imide groups is 2. The molecule has 4 aliphatic rings. The zero-order valence-electron chi connectivity index (χ0n) is 23.8. The van der Waals surface area contributed by atoms with E-state index in [2.05, 4.69) is 5.43 Å². The molecule has 3 aromatic carbocycles. The Morgan fingerprint density at radius 3 is 2.29 bits per heavy atom. The predicted molar refractivity (Wildman–Crippen MR) is 162 cm³/mol. The number of rotatable bonds is 5. The Bertz CT molecular complexity index is 1790. The van der Waals surface area contributed by atoms with E-state index in [0.717, 1.165) is 10.6 Å². The number of hydroxylamine groups is 2. The predicted octanol–water partition coefficient (Wildman–Crippen LogP) is 5.08. The lowest BCUT2D eigenvalue weighted by Gasteiger charge is -2.50. The number of methoxy groups -OCH3 is 1. The topological polar surface area (TPSA) is 136 Å². The van der Waals surface area contributed by atoms with E-state index in [1.165, 1.54) is 25.3 Å². The number of ether oxygens (including phenoxy) is 1. The van der Waals surface area contributed by atoms with Crippen LogP contribution in [-0.2, 0) is 24.6 Å². The third kappa shape index (κ3) is 4.19. The van der Waals surface area contributed by atoms with Crippen LogP contribution in [0.25, 0.3) is 0 Å². The highest BCUT2D eigenvalue weighted by molar-refractivity contribution is 6.36. The van der Waals surface area contributed by atoms with Gasteiger partial charge in [0, 0.05) is 10.9 Å². The van der Waals surface area contributed by atoms with Crippen LogP contribution < -0.4 is 10.2 Å². The summed E-state index contributed by atoms with van der Waals surface area (Å²) in [4.78, 5) is 55.7. The molecule has 7 rings (SSSR count). The number of fused-ring (bicyclic) bond motifs is 4. The maximum atomic E-state index is 15.0. The lowest BCUT2D eigenvalue weighted by Crippen LogP contribution is -2.53. The van der Waals surface area contributed by atoms with Crippen molar-refractivity contribution in [2.45, 2.75) is 24.2 Å². The SMILES string of the molecule is COc1ccc(C23C(=O)N(Nc4ccc(Cl)cc4Cl)C(=O)C2CC2C(=CCC4C(=O)N(O)C(=O)C42)C3c2ccc(O)cc2)cc1. The molecular formula is C33H27Cl2N3O7. The quantitative estimate of drug-likeness (QED) is 0.198. The number of phenols is 1. The number of halogens is 2. The normalized spacial score (nSPS) is 28.9. The minimum absolute atomic E-state index is 0.0147. The van der Waals surface area contributed by atoms with Crippen molar-refractivity contribution in [3.05, 3.63) is 99.6 Å². The van der Waals surface area contributed by atoms with Gasteiger partial charge in [-0.3, -0.25) is 29.8 Å². The van der Waals surface area contributed by atoms with Crippen molar-refractivity contribution >= 4 is 52.5 Å². The molecule has 230 valence electrons. The molecule has 0 bridgehead atoms. The van der Waals surface area contributed by atoms with Crippen LogP contribution in [0, 0.1) is 23.7 Å². The van der Waals surface area contributed by atoms with Crippen LogP contribution in [0.5, 0.6) is 11.5 Å². The molecule has 4 amide bonds. The number of hydrogen-bond donors (Lipinski definition) is 3. The Morgan fingerprint density at radius 2 is 1.62 bits per heavy atom. The summed E-state index contributed by atoms with van der Waals surface area (Å²) in [5.41, 5.74) is 3.62. The molecule has 2 saturated heterocycles. The number of nitrogens with one attached hydrogen (secondary N) is 1. The van der Waals surface area contributed by atoms with Gasteiger partial charge in [0.15, 0.2) is 0 Å². The van der Waals surface area contributed by atoms with Crippen molar-refractivity contribution in [3.8, 4) is 11.5 Å². The third-order valence-electron chi connectivity index (χ3n) is 9.78. The molecule has 1 saturated carbocycles. The van der Waals surface area contributed by atoms with E-state index in [1.807, 2.05) is 6.08 Å². The molecule has 0 spiro atoms. The maximum absolute atomic E-state index is 15.0. The molecule has 10 nitrogen and oxygen atoms in total. The zero-order chi connectivity index (χ0) is 31.8. The maximum Gasteiger partial charge on any atom is 0.260 e. The smallest absolute Gasteiger partial charge is 0.260 e. The number of amides is 4. The fraction of sp³-hybridized carbons (Fsp3) is 0.273. The number of aromatic hydroxyl groups is 1. The minimum atomic E-state index is -1.51. The van der Waals surface area contributed by atoms with Gasteiger partial charge in [-0.25, -0.2) is 0 Å². The molecule has 2 heterocycles. The molecule has 3 aromatic rings. The van der Waals surface area contributed by atoms with Crippen molar-refractivity contribution in [2.24, 2.45) is 23.7 Å². The molecule has 0 aromatic heterocycles. The molecule has 0 radical (unpaired) electrons. The van der Waals surface area contributed by atoms with Gasteiger partial charge in [-0.05, 0) is 72.4 Å². The largest absolute Gasteiger partial charge is 0.508 e. The average molecular weight is 648 g/mol. The standard InChI is InChI=1S/C33H27Cl2N3O7/c1-45-20-9-4-17(5-10-20)33-24(30(41)37(32(33)43)36-26-13-6-18(34)14-25(26)35)15-23-21(28(33)16-2-7-19(39)8-3-16)11-12-22-27(23)31(42)38(44)29(22)40/h2-11,13-14,22-24,27-28,36,39,44H,12,15H2,1H3. The first-order valence-corrected chi connectivity index (χ1v) is 15.1. The van der Waals surface area contributed by atoms with Crippen molar-refractivity contribution in [2.75, 3.05) is 12.5 Å². The highest BCUT2D eigenvalue weighted by atomic mass is 35.5. The van der Waals surface area contributed by atoms with Gasteiger partial charge < -0.3 is 9.84 Å². The number of phenolic OH excluding ortho intramolecular Hbond substituents is 1. The van der Waals surface area contributed by atoms with Gasteiger partial charge in [-0.1, -0.05) is 59.1 Å². The van der Waals surface area contributed by atoms with E-state index >= 15 is 4.79 Å². The molecular weight excluding hydrogens is 621 g/mol. The highest BCUT2D eigenvalue weighted by Gasteiger charge is 2.70. The Morgan fingerprint density at radius 1 is 0.911 bits per heavy atom. The summed E-state index contributed by atoms with van der Waals surface area (Å²) in [6.45, 7) is 0. The highest BCUT2D eigenvalue weighted by Crippen LogP contribution is 2.64. The van der Waals surface area contributed by atoms with Crippen LogP contribution >= 0.6 is 23.2 Å². The summed E-state index contributed by atoms with van der Waals surface area (Å²) in [5.74, 6) is -5.97. The Hall–Kier alpha value is -4.38. The van der Waals surface area contributed by atoms with Gasteiger partial charge in [0.1, 0.15) is 11.5 Å². The summed E-state index contributed by atoms with van der Waals surface area (Å²) in [7, 11) is 1.53. The number of allylic oxidation sites excluding steroid dienone is 2. The second-order valence-corrected chi connectivity index (χ2v) is 12.6. The first-order valence-electron chi connectivity index (χ1n) is 14.4. The van der Waals surface area contributed by atoms with Gasteiger partial charge in [0.05, 0.1) is 41.0 Å². The average Bonchev–Trinajstić information content (AvgIpc) is 3.39. The van der Waals surface area contributed by atoms with Gasteiger partial charge in [-0.15, -0.1) is 0 Å². The van der Waals surface area contributed by atoms with Crippen molar-refractivity contribution in [1.82, 2.24) is 10.1 Å². The third-order valence-corrected chi connectivity index (χ3v) is 10.3. The van der Waals surface area contributed by atoms with Crippen molar-refractivity contribution < 1.29 is 34.2 Å². The molecule has 3 N–H and O–H groups in total. The number of benzene rings is 3. The molecule has 2 aliphatic carbocycles. The first kappa shape index (κ1) is 29.3. The van der Waals surface area contributed by atoms with E-state index in [9.17, 15) is 24.7 Å². The molecule has 45 heavy (non-hydrogen) atoms. The summed E-state index contributed by atoms with van der Waals surface area (Å²) >= 11 is 12.5.